The third kappa shape index (κ3) is 2.09. The third-order valence-corrected chi connectivity index (χ3v) is 3.21. The zero-order valence-corrected chi connectivity index (χ0v) is 10.8. The molecule has 94 valence electrons. The zero-order chi connectivity index (χ0) is 13.3. The van der Waals surface area contributed by atoms with Crippen LogP contribution < -0.4 is 0 Å². The van der Waals surface area contributed by atoms with Crippen molar-refractivity contribution >= 4 is 17.3 Å². The van der Waals surface area contributed by atoms with Crippen LogP contribution in [0.2, 0.25) is 0 Å². The van der Waals surface area contributed by atoms with E-state index in [-0.39, 0.29) is 11.6 Å². The number of rotatable bonds is 3. The van der Waals surface area contributed by atoms with Gasteiger partial charge in [0.25, 0.3) is 5.69 Å². The molecule has 0 unspecified atom stereocenters. The number of nitro groups is 1. The average Bonchev–Trinajstić information content (AvgIpc) is 2.69. The third-order valence-electron chi connectivity index (χ3n) is 2.90. The summed E-state index contributed by atoms with van der Waals surface area (Å²) < 4.78 is 1.71. The number of hydrogen-bond acceptors (Lipinski definition) is 3. The van der Waals surface area contributed by atoms with Crippen molar-refractivity contribution in [2.24, 2.45) is 0 Å². The van der Waals surface area contributed by atoms with E-state index in [9.17, 15) is 10.1 Å². The highest BCUT2D eigenvalue weighted by Crippen LogP contribution is 2.26. The lowest BCUT2D eigenvalue weighted by Gasteiger charge is -2.07. The summed E-state index contributed by atoms with van der Waals surface area (Å²) in [6.07, 6.45) is 1.59. The topological polar surface area (TPSA) is 61.0 Å². The van der Waals surface area contributed by atoms with E-state index < -0.39 is 4.92 Å². The first-order chi connectivity index (χ1) is 8.54. The van der Waals surface area contributed by atoms with Crippen molar-refractivity contribution in [3.05, 3.63) is 51.6 Å². The lowest BCUT2D eigenvalue weighted by atomic mass is 10.2. The van der Waals surface area contributed by atoms with Crippen LogP contribution in [0.1, 0.15) is 17.0 Å². The van der Waals surface area contributed by atoms with Gasteiger partial charge in [0.1, 0.15) is 5.69 Å². The van der Waals surface area contributed by atoms with Gasteiger partial charge in [0.2, 0.25) is 0 Å². The molecule has 0 saturated carbocycles. The van der Waals surface area contributed by atoms with Crippen molar-refractivity contribution in [1.29, 1.82) is 0 Å². The number of halogens is 1. The van der Waals surface area contributed by atoms with E-state index in [2.05, 4.69) is 4.98 Å². The maximum atomic E-state index is 11.1. The monoisotopic (exact) mass is 265 g/mol. The summed E-state index contributed by atoms with van der Waals surface area (Å²) in [5.41, 5.74) is 3.00. The minimum absolute atomic E-state index is 0.0358. The van der Waals surface area contributed by atoms with Crippen molar-refractivity contribution in [3.8, 4) is 5.69 Å². The molecule has 0 aliphatic heterocycles. The minimum Gasteiger partial charge on any atom is -0.297 e. The Morgan fingerprint density at radius 1 is 1.44 bits per heavy atom. The fraction of sp³-hybridized carbons (Fsp3) is 0.250. The Hall–Kier alpha value is -1.88. The van der Waals surface area contributed by atoms with Crippen molar-refractivity contribution in [1.82, 2.24) is 9.55 Å². The van der Waals surface area contributed by atoms with Crippen LogP contribution in [-0.4, -0.2) is 14.5 Å². The molecule has 0 aliphatic carbocycles. The summed E-state index contributed by atoms with van der Waals surface area (Å²) in [7, 11) is 0. The van der Waals surface area contributed by atoms with E-state index in [1.807, 2.05) is 13.8 Å². The van der Waals surface area contributed by atoms with Crippen LogP contribution in [0.15, 0.2) is 24.5 Å². The number of imidazole rings is 1. The van der Waals surface area contributed by atoms with Gasteiger partial charge in [0.05, 0.1) is 16.9 Å². The second-order valence-electron chi connectivity index (χ2n) is 4.00. The van der Waals surface area contributed by atoms with Gasteiger partial charge in [-0.05, 0) is 25.5 Å². The number of nitrogens with zero attached hydrogens (tertiary/aromatic N) is 3. The smallest absolute Gasteiger partial charge is 0.293 e. The van der Waals surface area contributed by atoms with Gasteiger partial charge in [0, 0.05) is 17.6 Å². The van der Waals surface area contributed by atoms with E-state index >= 15 is 0 Å². The second kappa shape index (κ2) is 4.78. The first-order valence-corrected chi connectivity index (χ1v) is 5.92. The Morgan fingerprint density at radius 2 is 2.17 bits per heavy atom. The first-order valence-electron chi connectivity index (χ1n) is 5.38. The van der Waals surface area contributed by atoms with Gasteiger partial charge in [0.15, 0.2) is 0 Å². The van der Waals surface area contributed by atoms with Crippen LogP contribution in [0.3, 0.4) is 0 Å². The van der Waals surface area contributed by atoms with Crippen LogP contribution in [0.4, 0.5) is 5.69 Å². The standard InChI is InChI=1S/C12H12ClN3O2/c1-8-9(2)15(7-14-8)11-4-3-10(6-13)5-12(11)16(17)18/h3-5,7H,6H2,1-2H3. The number of aryl methyl sites for hydroxylation is 1. The number of aromatic nitrogens is 2. The molecule has 0 bridgehead atoms. The summed E-state index contributed by atoms with van der Waals surface area (Å²) in [6, 6.07) is 4.98. The molecule has 1 aromatic carbocycles. The summed E-state index contributed by atoms with van der Waals surface area (Å²) in [5, 5.41) is 11.1. The summed E-state index contributed by atoms with van der Waals surface area (Å²) in [4.78, 5) is 14.9. The Labute approximate surface area is 109 Å². The van der Waals surface area contributed by atoms with E-state index in [0.29, 0.717) is 5.69 Å². The zero-order valence-electron chi connectivity index (χ0n) is 10.1. The van der Waals surface area contributed by atoms with Crippen molar-refractivity contribution in [3.63, 3.8) is 0 Å². The van der Waals surface area contributed by atoms with Crippen LogP contribution >= 0.6 is 11.6 Å². The molecule has 0 fully saturated rings. The highest BCUT2D eigenvalue weighted by atomic mass is 35.5. The largest absolute Gasteiger partial charge is 0.297 e. The molecular formula is C12H12ClN3O2. The van der Waals surface area contributed by atoms with Crippen LogP contribution in [0.5, 0.6) is 0 Å². The average molecular weight is 266 g/mol. The molecule has 1 aromatic heterocycles. The maximum Gasteiger partial charge on any atom is 0.293 e. The van der Waals surface area contributed by atoms with E-state index in [0.717, 1.165) is 17.0 Å². The van der Waals surface area contributed by atoms with Crippen molar-refractivity contribution in [2.45, 2.75) is 19.7 Å². The van der Waals surface area contributed by atoms with Gasteiger partial charge in [-0.2, -0.15) is 0 Å². The molecule has 0 aliphatic rings. The normalized spacial score (nSPS) is 10.6. The molecular weight excluding hydrogens is 254 g/mol. The molecule has 1 heterocycles. The van der Waals surface area contributed by atoms with Gasteiger partial charge >= 0.3 is 0 Å². The number of hydrogen-bond donors (Lipinski definition) is 0. The molecule has 0 radical (unpaired) electrons. The summed E-state index contributed by atoms with van der Waals surface area (Å²) >= 11 is 5.70. The molecule has 0 saturated heterocycles. The number of benzene rings is 1. The molecule has 18 heavy (non-hydrogen) atoms. The molecule has 6 heteroatoms. The first kappa shape index (κ1) is 12.6. The van der Waals surface area contributed by atoms with Gasteiger partial charge in [-0.25, -0.2) is 4.98 Å². The highest BCUT2D eigenvalue weighted by Gasteiger charge is 2.17. The van der Waals surface area contributed by atoms with Gasteiger partial charge in [-0.1, -0.05) is 6.07 Å². The quantitative estimate of drug-likeness (QED) is 0.487. The Bertz CT molecular complexity index is 607. The molecule has 5 nitrogen and oxygen atoms in total. The minimum atomic E-state index is -0.403. The lowest BCUT2D eigenvalue weighted by molar-refractivity contribution is -0.384. The van der Waals surface area contributed by atoms with E-state index in [4.69, 9.17) is 11.6 Å². The Morgan fingerprint density at radius 3 is 2.67 bits per heavy atom. The van der Waals surface area contributed by atoms with Crippen molar-refractivity contribution in [2.75, 3.05) is 0 Å². The van der Waals surface area contributed by atoms with E-state index in [1.54, 1.807) is 23.0 Å². The van der Waals surface area contributed by atoms with Gasteiger partial charge < -0.3 is 0 Å². The van der Waals surface area contributed by atoms with Gasteiger partial charge in [-0.3, -0.25) is 14.7 Å². The SMILES string of the molecule is Cc1ncn(-c2ccc(CCl)cc2[N+](=O)[O-])c1C. The summed E-state index contributed by atoms with van der Waals surface area (Å²) in [5.74, 6) is 0.253. The number of nitro benzene ring substituents is 1. The maximum absolute atomic E-state index is 11.1. The van der Waals surface area contributed by atoms with E-state index in [1.165, 1.54) is 6.07 Å². The highest BCUT2D eigenvalue weighted by molar-refractivity contribution is 6.17. The van der Waals surface area contributed by atoms with Crippen LogP contribution in [0.25, 0.3) is 5.69 Å². The fourth-order valence-corrected chi connectivity index (χ4v) is 1.91. The fourth-order valence-electron chi connectivity index (χ4n) is 1.74. The predicted octanol–water partition coefficient (Wildman–Crippen LogP) is 3.14. The molecule has 0 spiro atoms. The lowest BCUT2D eigenvalue weighted by Crippen LogP contribution is -2.01. The molecule has 0 amide bonds. The molecule has 2 rings (SSSR count). The molecule has 0 atom stereocenters. The second-order valence-corrected chi connectivity index (χ2v) is 4.27. The number of alkyl halides is 1. The summed E-state index contributed by atoms with van der Waals surface area (Å²) in [6.45, 7) is 3.74. The Kier molecular flexibility index (Phi) is 3.34. The van der Waals surface area contributed by atoms with Crippen molar-refractivity contribution < 1.29 is 4.92 Å². The predicted molar refractivity (Wildman–Crippen MR) is 69.2 cm³/mol. The van der Waals surface area contributed by atoms with Gasteiger partial charge in [-0.15, -0.1) is 11.6 Å². The Balaban J connectivity index is 2.64. The molecule has 0 N–H and O–H groups in total. The van der Waals surface area contributed by atoms with Crippen LogP contribution in [-0.2, 0) is 5.88 Å². The molecule has 2 aromatic rings. The van der Waals surface area contributed by atoms with Crippen LogP contribution in [0, 0.1) is 24.0 Å².